The zero-order valence-electron chi connectivity index (χ0n) is 15.1. The SMILES string of the molecule is CN(CCCOc1ccc(S(C)(=O)=O)cc1)C(=O)[C@@H]1CC[C@H](CN)O1.Cl. The van der Waals surface area contributed by atoms with Gasteiger partial charge in [0.1, 0.15) is 11.9 Å². The molecule has 1 heterocycles. The van der Waals surface area contributed by atoms with Crippen molar-refractivity contribution in [3.8, 4) is 5.75 Å². The summed E-state index contributed by atoms with van der Waals surface area (Å²) in [5.41, 5.74) is 5.56. The molecule has 0 bridgehead atoms. The third kappa shape index (κ3) is 6.42. The van der Waals surface area contributed by atoms with Gasteiger partial charge in [0.25, 0.3) is 5.91 Å². The zero-order valence-corrected chi connectivity index (χ0v) is 16.7. The molecular weight excluding hydrogens is 380 g/mol. The lowest BCUT2D eigenvalue weighted by Crippen LogP contribution is -2.38. The van der Waals surface area contributed by atoms with Crippen LogP contribution in [0.1, 0.15) is 19.3 Å². The Balaban J connectivity index is 0.00000338. The first-order valence-electron chi connectivity index (χ1n) is 8.34. The summed E-state index contributed by atoms with van der Waals surface area (Å²) in [5, 5.41) is 0. The van der Waals surface area contributed by atoms with Crippen LogP contribution < -0.4 is 10.5 Å². The van der Waals surface area contributed by atoms with E-state index in [1.54, 1.807) is 24.1 Å². The molecule has 26 heavy (non-hydrogen) atoms. The molecule has 1 saturated heterocycles. The van der Waals surface area contributed by atoms with Gasteiger partial charge >= 0.3 is 0 Å². The van der Waals surface area contributed by atoms with Gasteiger partial charge in [0, 0.05) is 26.4 Å². The van der Waals surface area contributed by atoms with Gasteiger partial charge in [0.15, 0.2) is 9.84 Å². The molecule has 1 aliphatic rings. The second kappa shape index (κ2) is 10.1. The third-order valence-electron chi connectivity index (χ3n) is 4.18. The van der Waals surface area contributed by atoms with Gasteiger partial charge in [-0.3, -0.25) is 4.79 Å². The number of nitrogens with two attached hydrogens (primary N) is 1. The maximum absolute atomic E-state index is 12.3. The number of ether oxygens (including phenoxy) is 2. The van der Waals surface area contributed by atoms with E-state index in [0.29, 0.717) is 38.3 Å². The van der Waals surface area contributed by atoms with Gasteiger partial charge < -0.3 is 20.1 Å². The quantitative estimate of drug-likeness (QED) is 0.652. The number of carbonyl (C=O) groups is 1. The van der Waals surface area contributed by atoms with Crippen LogP contribution in [0.3, 0.4) is 0 Å². The summed E-state index contributed by atoms with van der Waals surface area (Å²) in [5.74, 6) is 0.583. The van der Waals surface area contributed by atoms with Crippen molar-refractivity contribution in [3.63, 3.8) is 0 Å². The highest BCUT2D eigenvalue weighted by Gasteiger charge is 2.31. The van der Waals surface area contributed by atoms with E-state index in [0.717, 1.165) is 6.42 Å². The van der Waals surface area contributed by atoms with E-state index in [1.165, 1.54) is 18.4 Å². The van der Waals surface area contributed by atoms with E-state index in [4.69, 9.17) is 15.2 Å². The zero-order chi connectivity index (χ0) is 18.4. The average Bonchev–Trinajstić information content (AvgIpc) is 3.06. The van der Waals surface area contributed by atoms with Crippen LogP contribution in [0.2, 0.25) is 0 Å². The second-order valence-corrected chi connectivity index (χ2v) is 8.28. The first-order chi connectivity index (χ1) is 11.8. The number of rotatable bonds is 8. The predicted octanol–water partition coefficient (Wildman–Crippen LogP) is 1.25. The molecule has 2 N–H and O–H groups in total. The van der Waals surface area contributed by atoms with Crippen LogP contribution >= 0.6 is 12.4 Å². The van der Waals surface area contributed by atoms with Crippen molar-refractivity contribution in [2.24, 2.45) is 5.73 Å². The van der Waals surface area contributed by atoms with Crippen LogP contribution in [0.15, 0.2) is 29.2 Å². The normalized spacial score (nSPS) is 19.7. The number of carbonyl (C=O) groups excluding carboxylic acids is 1. The van der Waals surface area contributed by atoms with Crippen LogP contribution in [0.4, 0.5) is 0 Å². The molecule has 1 aromatic rings. The van der Waals surface area contributed by atoms with Gasteiger partial charge in [0.2, 0.25) is 0 Å². The fourth-order valence-electron chi connectivity index (χ4n) is 2.69. The Morgan fingerprint density at radius 2 is 1.96 bits per heavy atom. The molecule has 9 heteroatoms. The van der Waals surface area contributed by atoms with Gasteiger partial charge in [-0.25, -0.2) is 8.42 Å². The number of hydrogen-bond donors (Lipinski definition) is 1. The Kier molecular flexibility index (Phi) is 8.82. The van der Waals surface area contributed by atoms with Crippen LogP contribution in [-0.2, 0) is 19.4 Å². The van der Waals surface area contributed by atoms with Gasteiger partial charge in [0.05, 0.1) is 17.6 Å². The maximum Gasteiger partial charge on any atom is 0.251 e. The van der Waals surface area contributed by atoms with E-state index in [9.17, 15) is 13.2 Å². The van der Waals surface area contributed by atoms with E-state index in [-0.39, 0.29) is 35.4 Å². The lowest BCUT2D eigenvalue weighted by molar-refractivity contribution is -0.141. The summed E-state index contributed by atoms with van der Waals surface area (Å²) < 4.78 is 34.0. The highest BCUT2D eigenvalue weighted by Crippen LogP contribution is 2.20. The third-order valence-corrected chi connectivity index (χ3v) is 5.31. The molecular formula is C17H27ClN2O5S. The fourth-order valence-corrected chi connectivity index (χ4v) is 3.32. The molecule has 1 fully saturated rings. The lowest BCUT2D eigenvalue weighted by Gasteiger charge is -2.21. The summed E-state index contributed by atoms with van der Waals surface area (Å²) in [6, 6.07) is 6.30. The first-order valence-corrected chi connectivity index (χ1v) is 10.2. The minimum atomic E-state index is -3.20. The van der Waals surface area contributed by atoms with Crippen LogP contribution in [0.25, 0.3) is 0 Å². The number of nitrogens with zero attached hydrogens (tertiary/aromatic N) is 1. The van der Waals surface area contributed by atoms with Crippen molar-refractivity contribution >= 4 is 28.2 Å². The first kappa shape index (κ1) is 22.7. The minimum Gasteiger partial charge on any atom is -0.494 e. The molecule has 7 nitrogen and oxygen atoms in total. The van der Waals surface area contributed by atoms with Gasteiger partial charge in [-0.05, 0) is 43.5 Å². The van der Waals surface area contributed by atoms with Crippen molar-refractivity contribution in [3.05, 3.63) is 24.3 Å². The van der Waals surface area contributed by atoms with E-state index in [2.05, 4.69) is 0 Å². The molecule has 2 atom stereocenters. The molecule has 0 saturated carbocycles. The fraction of sp³-hybridized carbons (Fsp3) is 0.588. The molecule has 1 amide bonds. The molecule has 0 aromatic heterocycles. The van der Waals surface area contributed by atoms with Crippen molar-refractivity contribution in [2.45, 2.75) is 36.4 Å². The molecule has 0 radical (unpaired) electrons. The van der Waals surface area contributed by atoms with Crippen LogP contribution in [0, 0.1) is 0 Å². The molecule has 0 unspecified atom stereocenters. The largest absolute Gasteiger partial charge is 0.494 e. The van der Waals surface area contributed by atoms with Crippen molar-refractivity contribution in [1.29, 1.82) is 0 Å². The number of halogens is 1. The van der Waals surface area contributed by atoms with Crippen molar-refractivity contribution in [1.82, 2.24) is 4.90 Å². The summed E-state index contributed by atoms with van der Waals surface area (Å²) >= 11 is 0. The highest BCUT2D eigenvalue weighted by molar-refractivity contribution is 7.90. The standard InChI is InChI=1S/C17H26N2O5S.ClH/c1-19(17(20)16-9-6-14(12-18)24-16)10-3-11-23-13-4-7-15(8-5-13)25(2,21)22;/h4-5,7-8,14,16H,3,6,9-12,18H2,1-2H3;1H/t14-,16+;/m1./s1. The maximum atomic E-state index is 12.3. The smallest absolute Gasteiger partial charge is 0.251 e. The van der Waals surface area contributed by atoms with Gasteiger partial charge in [-0.2, -0.15) is 0 Å². The molecule has 1 aromatic carbocycles. The Hall–Kier alpha value is -1.35. The van der Waals surface area contributed by atoms with Crippen LogP contribution in [-0.4, -0.2) is 64.4 Å². The molecule has 2 rings (SSSR count). The Morgan fingerprint density at radius 3 is 2.50 bits per heavy atom. The molecule has 148 valence electrons. The molecule has 0 spiro atoms. The predicted molar refractivity (Wildman–Crippen MR) is 101 cm³/mol. The Morgan fingerprint density at radius 1 is 1.31 bits per heavy atom. The summed E-state index contributed by atoms with van der Waals surface area (Å²) in [6.45, 7) is 1.44. The van der Waals surface area contributed by atoms with Crippen molar-refractivity contribution < 1.29 is 22.7 Å². The van der Waals surface area contributed by atoms with Gasteiger partial charge in [-0.15, -0.1) is 12.4 Å². The van der Waals surface area contributed by atoms with Crippen molar-refractivity contribution in [2.75, 3.05) is 33.0 Å². The monoisotopic (exact) mass is 406 g/mol. The minimum absolute atomic E-state index is 0. The van der Waals surface area contributed by atoms with E-state index >= 15 is 0 Å². The van der Waals surface area contributed by atoms with E-state index < -0.39 is 9.84 Å². The van der Waals surface area contributed by atoms with Gasteiger partial charge in [-0.1, -0.05) is 0 Å². The second-order valence-electron chi connectivity index (χ2n) is 6.27. The summed E-state index contributed by atoms with van der Waals surface area (Å²) in [7, 11) is -1.45. The summed E-state index contributed by atoms with van der Waals surface area (Å²) in [6.07, 6.45) is 2.98. The number of likely N-dealkylation sites (N-methyl/N-ethyl adjacent to an activating group) is 1. The van der Waals surface area contributed by atoms with Crippen LogP contribution in [0.5, 0.6) is 5.75 Å². The number of benzene rings is 1. The number of sulfone groups is 1. The molecule has 1 aliphatic heterocycles. The Bertz CT molecular complexity index is 681. The molecule has 0 aliphatic carbocycles. The number of amides is 1. The lowest BCUT2D eigenvalue weighted by atomic mass is 10.2. The Labute approximate surface area is 161 Å². The number of hydrogen-bond acceptors (Lipinski definition) is 6. The highest BCUT2D eigenvalue weighted by atomic mass is 35.5. The van der Waals surface area contributed by atoms with E-state index in [1.807, 2.05) is 0 Å². The summed E-state index contributed by atoms with van der Waals surface area (Å²) in [4.78, 5) is 14.2. The topological polar surface area (TPSA) is 98.9 Å². The average molecular weight is 407 g/mol.